The lowest BCUT2D eigenvalue weighted by atomic mass is 9.95. The van der Waals surface area contributed by atoms with E-state index in [9.17, 15) is 0 Å². The molecular weight excluding hydrogens is 647 g/mol. The summed E-state index contributed by atoms with van der Waals surface area (Å²) in [5.41, 5.74) is 10.9. The van der Waals surface area contributed by atoms with Crippen LogP contribution in [-0.4, -0.2) is 15.0 Å². The first kappa shape index (κ1) is 30.6. The van der Waals surface area contributed by atoms with Gasteiger partial charge in [-0.2, -0.15) is 0 Å². The van der Waals surface area contributed by atoms with E-state index in [0.29, 0.717) is 17.5 Å². The Bertz CT molecular complexity index is 2860. The molecule has 248 valence electrons. The van der Waals surface area contributed by atoms with E-state index in [1.165, 1.54) is 0 Å². The highest BCUT2D eigenvalue weighted by molar-refractivity contribution is 6.18. The highest BCUT2D eigenvalue weighted by Gasteiger charge is 2.21. The number of nitrogens with zero attached hydrogens (tertiary/aromatic N) is 3. The molecule has 10 aromatic rings. The highest BCUT2D eigenvalue weighted by atomic mass is 16.3. The number of hydrogen-bond acceptors (Lipinski definition) is 4. The maximum Gasteiger partial charge on any atom is 0.164 e. The second-order valence-corrected chi connectivity index (χ2v) is 13.2. The van der Waals surface area contributed by atoms with Crippen LogP contribution in [0.3, 0.4) is 0 Å². The molecule has 2 heterocycles. The van der Waals surface area contributed by atoms with Crippen LogP contribution in [0.5, 0.6) is 0 Å². The molecule has 4 nitrogen and oxygen atoms in total. The Labute approximate surface area is 306 Å². The molecule has 0 bridgehead atoms. The monoisotopic (exact) mass is 677 g/mol. The average Bonchev–Trinajstić information content (AvgIpc) is 3.61. The van der Waals surface area contributed by atoms with Crippen LogP contribution in [0.25, 0.3) is 100 Å². The Kier molecular flexibility index (Phi) is 7.43. The van der Waals surface area contributed by atoms with E-state index in [1.807, 2.05) is 48.5 Å². The predicted octanol–water partition coefficient (Wildman–Crippen LogP) is 12.9. The summed E-state index contributed by atoms with van der Waals surface area (Å²) in [5, 5.41) is 4.27. The maximum absolute atomic E-state index is 6.80. The Morgan fingerprint density at radius 1 is 0.321 bits per heavy atom. The molecule has 0 spiro atoms. The minimum absolute atomic E-state index is 0.584. The Morgan fingerprint density at radius 3 is 1.38 bits per heavy atom. The van der Waals surface area contributed by atoms with Crippen molar-refractivity contribution in [3.8, 4) is 67.5 Å². The van der Waals surface area contributed by atoms with Crippen molar-refractivity contribution in [1.29, 1.82) is 0 Å². The van der Waals surface area contributed by atoms with Crippen LogP contribution in [0.1, 0.15) is 0 Å². The molecule has 0 N–H and O–H groups in total. The van der Waals surface area contributed by atoms with Gasteiger partial charge in [-0.25, -0.2) is 15.0 Å². The summed E-state index contributed by atoms with van der Waals surface area (Å²) in [5.74, 6) is 1.79. The molecule has 0 atom stereocenters. The third-order valence-corrected chi connectivity index (χ3v) is 9.89. The summed E-state index contributed by atoms with van der Waals surface area (Å²) >= 11 is 0. The molecule has 0 aliphatic carbocycles. The van der Waals surface area contributed by atoms with Crippen molar-refractivity contribution in [2.45, 2.75) is 0 Å². The maximum atomic E-state index is 6.80. The van der Waals surface area contributed by atoms with Crippen molar-refractivity contribution in [2.75, 3.05) is 0 Å². The molecule has 53 heavy (non-hydrogen) atoms. The van der Waals surface area contributed by atoms with Gasteiger partial charge in [-0.1, -0.05) is 146 Å². The molecule has 0 aliphatic heterocycles. The summed E-state index contributed by atoms with van der Waals surface area (Å²) in [6, 6.07) is 65.1. The number of aromatic nitrogens is 3. The second-order valence-electron chi connectivity index (χ2n) is 13.2. The Morgan fingerprint density at radius 2 is 0.774 bits per heavy atom. The SMILES string of the molecule is c1ccc(-c2cc(-c3ccccc3)cc(-c3nc(-c4ccccc4)nc(-c4ccc(-c5ccccc5)c5oc6cc7ccccc7cc6c45)n3)c2)cc1. The van der Waals surface area contributed by atoms with Gasteiger partial charge < -0.3 is 4.42 Å². The van der Waals surface area contributed by atoms with E-state index in [2.05, 4.69) is 140 Å². The molecule has 0 unspecified atom stereocenters. The molecule has 0 saturated heterocycles. The summed E-state index contributed by atoms with van der Waals surface area (Å²) < 4.78 is 6.80. The topological polar surface area (TPSA) is 51.8 Å². The standard InChI is InChI=1S/C49H31N3O/c1-5-15-32(16-6-1)38-27-39(33-17-7-2-8-18-33)29-40(28-38)48-50-47(35-21-11-4-12-22-35)51-49(52-48)42-26-25-41(34-19-9-3-10-20-34)46-45(42)43-30-36-23-13-14-24-37(36)31-44(43)53-46/h1-31H. The number of benzene rings is 8. The molecule has 4 heteroatoms. The third kappa shape index (κ3) is 5.63. The van der Waals surface area contributed by atoms with Gasteiger partial charge in [-0.05, 0) is 81.1 Å². The molecule has 0 aliphatic rings. The van der Waals surface area contributed by atoms with Crippen LogP contribution >= 0.6 is 0 Å². The summed E-state index contributed by atoms with van der Waals surface area (Å²) in [6.45, 7) is 0. The van der Waals surface area contributed by atoms with Crippen molar-refractivity contribution in [1.82, 2.24) is 15.0 Å². The predicted molar refractivity (Wildman–Crippen MR) is 217 cm³/mol. The molecule has 10 rings (SSSR count). The summed E-state index contributed by atoms with van der Waals surface area (Å²) in [7, 11) is 0. The zero-order chi connectivity index (χ0) is 35.1. The van der Waals surface area contributed by atoms with E-state index < -0.39 is 0 Å². The van der Waals surface area contributed by atoms with E-state index in [1.54, 1.807) is 0 Å². The smallest absolute Gasteiger partial charge is 0.164 e. The normalized spacial score (nSPS) is 11.4. The van der Waals surface area contributed by atoms with Crippen LogP contribution in [0.15, 0.2) is 192 Å². The molecule has 0 saturated carbocycles. The fourth-order valence-corrected chi connectivity index (χ4v) is 7.29. The van der Waals surface area contributed by atoms with Crippen molar-refractivity contribution < 1.29 is 4.42 Å². The van der Waals surface area contributed by atoms with Crippen molar-refractivity contribution in [2.24, 2.45) is 0 Å². The van der Waals surface area contributed by atoms with E-state index in [4.69, 9.17) is 19.4 Å². The highest BCUT2D eigenvalue weighted by Crippen LogP contribution is 2.43. The van der Waals surface area contributed by atoms with E-state index in [-0.39, 0.29) is 0 Å². The van der Waals surface area contributed by atoms with E-state index >= 15 is 0 Å². The van der Waals surface area contributed by atoms with Crippen LogP contribution < -0.4 is 0 Å². The minimum atomic E-state index is 0.584. The molecular formula is C49H31N3O. The van der Waals surface area contributed by atoms with Gasteiger partial charge >= 0.3 is 0 Å². The number of furan rings is 1. The van der Waals surface area contributed by atoms with Gasteiger partial charge in [0.1, 0.15) is 11.2 Å². The zero-order valence-electron chi connectivity index (χ0n) is 28.6. The Hall–Kier alpha value is -7.17. The van der Waals surface area contributed by atoms with Gasteiger partial charge in [-0.15, -0.1) is 0 Å². The molecule has 8 aromatic carbocycles. The first-order chi connectivity index (χ1) is 26.2. The lowest BCUT2D eigenvalue weighted by Crippen LogP contribution is -2.01. The van der Waals surface area contributed by atoms with Crippen LogP contribution in [0.4, 0.5) is 0 Å². The lowest BCUT2D eigenvalue weighted by molar-refractivity contribution is 0.670. The van der Waals surface area contributed by atoms with Gasteiger partial charge in [0.05, 0.1) is 0 Å². The van der Waals surface area contributed by atoms with Gasteiger partial charge in [0.15, 0.2) is 17.5 Å². The van der Waals surface area contributed by atoms with Gasteiger partial charge in [0.2, 0.25) is 0 Å². The van der Waals surface area contributed by atoms with Crippen LogP contribution in [0, 0.1) is 0 Å². The molecule has 0 amide bonds. The summed E-state index contributed by atoms with van der Waals surface area (Å²) in [6.07, 6.45) is 0. The molecule has 0 fully saturated rings. The van der Waals surface area contributed by atoms with Crippen molar-refractivity contribution in [3.63, 3.8) is 0 Å². The summed E-state index contributed by atoms with van der Waals surface area (Å²) in [4.78, 5) is 15.7. The second kappa shape index (κ2) is 12.9. The number of hydrogen-bond donors (Lipinski definition) is 0. The number of rotatable bonds is 6. The number of fused-ring (bicyclic) bond motifs is 4. The van der Waals surface area contributed by atoms with E-state index in [0.717, 1.165) is 82.8 Å². The van der Waals surface area contributed by atoms with Gasteiger partial charge in [-0.3, -0.25) is 0 Å². The van der Waals surface area contributed by atoms with Gasteiger partial charge in [0.25, 0.3) is 0 Å². The first-order valence-corrected chi connectivity index (χ1v) is 17.8. The molecule has 2 aromatic heterocycles. The molecule has 0 radical (unpaired) electrons. The van der Waals surface area contributed by atoms with Crippen molar-refractivity contribution in [3.05, 3.63) is 188 Å². The fourth-order valence-electron chi connectivity index (χ4n) is 7.29. The largest absolute Gasteiger partial charge is 0.455 e. The minimum Gasteiger partial charge on any atom is -0.455 e. The van der Waals surface area contributed by atoms with Gasteiger partial charge in [0, 0.05) is 33.0 Å². The van der Waals surface area contributed by atoms with Crippen molar-refractivity contribution >= 4 is 32.7 Å². The Balaban J connectivity index is 1.26. The van der Waals surface area contributed by atoms with Crippen LogP contribution in [0.2, 0.25) is 0 Å². The fraction of sp³-hybridized carbons (Fsp3) is 0. The quantitative estimate of drug-likeness (QED) is 0.176. The third-order valence-electron chi connectivity index (χ3n) is 9.89. The zero-order valence-corrected chi connectivity index (χ0v) is 28.6. The first-order valence-electron chi connectivity index (χ1n) is 17.8. The van der Waals surface area contributed by atoms with Crippen LogP contribution in [-0.2, 0) is 0 Å². The lowest BCUT2D eigenvalue weighted by Gasteiger charge is -2.13. The average molecular weight is 678 g/mol.